The van der Waals surface area contributed by atoms with E-state index in [1.54, 1.807) is 24.3 Å². The Hall–Kier alpha value is -2.44. The van der Waals surface area contributed by atoms with Gasteiger partial charge in [0.15, 0.2) is 5.60 Å². The Morgan fingerprint density at radius 3 is 2.25 bits per heavy atom. The van der Waals surface area contributed by atoms with Crippen molar-refractivity contribution in [3.05, 3.63) is 71.8 Å². The van der Waals surface area contributed by atoms with Gasteiger partial charge in [0, 0.05) is 13.0 Å². The Kier molecular flexibility index (Phi) is 4.43. The van der Waals surface area contributed by atoms with Crippen molar-refractivity contribution in [2.24, 2.45) is 0 Å². The summed E-state index contributed by atoms with van der Waals surface area (Å²) in [7, 11) is -3.73. The van der Waals surface area contributed by atoms with E-state index in [1.165, 1.54) is 4.31 Å². The molecule has 0 aromatic heterocycles. The number of aryl methyl sites for hydroxylation is 2. The van der Waals surface area contributed by atoms with Gasteiger partial charge in [-0.1, -0.05) is 54.1 Å². The second-order valence-electron chi connectivity index (χ2n) is 7.61. The van der Waals surface area contributed by atoms with E-state index in [9.17, 15) is 13.2 Å². The van der Waals surface area contributed by atoms with Crippen molar-refractivity contribution in [2.45, 2.75) is 43.2 Å². The lowest BCUT2D eigenvalue weighted by Crippen LogP contribution is -2.44. The van der Waals surface area contributed by atoms with Crippen molar-refractivity contribution in [3.8, 4) is 0 Å². The maximum absolute atomic E-state index is 13.3. The molecule has 2 atom stereocenters. The summed E-state index contributed by atoms with van der Waals surface area (Å²) in [5, 5.41) is 0. The lowest BCUT2D eigenvalue weighted by molar-refractivity contribution is -0.144. The molecule has 6 heteroatoms. The summed E-state index contributed by atoms with van der Waals surface area (Å²) in [6.07, 6.45) is 0.442. The highest BCUT2D eigenvalue weighted by Gasteiger charge is 2.60. The minimum atomic E-state index is -3.73. The number of hydrogen-bond acceptors (Lipinski definition) is 4. The van der Waals surface area contributed by atoms with Gasteiger partial charge in [-0.25, -0.2) is 8.42 Å². The van der Waals surface area contributed by atoms with Crippen molar-refractivity contribution >= 4 is 21.6 Å². The van der Waals surface area contributed by atoms with Crippen LogP contribution in [0.4, 0.5) is 0 Å². The van der Waals surface area contributed by atoms with Crippen LogP contribution in [0.5, 0.6) is 0 Å². The average molecular weight is 397 g/mol. The molecule has 2 aromatic carbocycles. The van der Waals surface area contributed by atoms with Gasteiger partial charge < -0.3 is 4.74 Å². The quantitative estimate of drug-likeness (QED) is 0.741. The van der Waals surface area contributed by atoms with Crippen LogP contribution in [0.2, 0.25) is 0 Å². The van der Waals surface area contributed by atoms with Gasteiger partial charge in [0.25, 0.3) is 0 Å². The molecule has 2 aromatic rings. The van der Waals surface area contributed by atoms with Gasteiger partial charge in [0.2, 0.25) is 10.0 Å². The third-order valence-corrected chi connectivity index (χ3v) is 7.71. The largest absolute Gasteiger partial charge is 0.452 e. The molecule has 2 aliphatic rings. The lowest BCUT2D eigenvalue weighted by atomic mass is 9.83. The number of sulfonamides is 1. The van der Waals surface area contributed by atoms with Gasteiger partial charge in [-0.05, 0) is 37.1 Å². The predicted octanol–water partition coefficient (Wildman–Crippen LogP) is 3.47. The normalized spacial score (nSPS) is 24.8. The fourth-order valence-electron chi connectivity index (χ4n) is 4.17. The Labute approximate surface area is 165 Å². The number of carbonyl (C=O) groups excluding carboxylic acids is 1. The van der Waals surface area contributed by atoms with E-state index in [4.69, 9.17) is 4.74 Å². The number of carbonyl (C=O) groups is 1. The molecule has 28 heavy (non-hydrogen) atoms. The zero-order chi connectivity index (χ0) is 20.1. The number of esters is 1. The first-order chi connectivity index (χ1) is 13.2. The first-order valence-electron chi connectivity index (χ1n) is 9.31. The smallest absolute Gasteiger partial charge is 0.308 e. The summed E-state index contributed by atoms with van der Waals surface area (Å²) in [5.74, 6) is -0.387. The van der Waals surface area contributed by atoms with E-state index in [2.05, 4.69) is 6.58 Å². The topological polar surface area (TPSA) is 63.7 Å². The van der Waals surface area contributed by atoms with Crippen molar-refractivity contribution < 1.29 is 17.9 Å². The van der Waals surface area contributed by atoms with Crippen molar-refractivity contribution in [1.82, 2.24) is 4.31 Å². The molecular formula is C22H23NO4S. The Morgan fingerprint density at radius 1 is 1.07 bits per heavy atom. The molecule has 0 aliphatic carbocycles. The number of nitrogens with zero attached hydrogens (tertiary/aromatic N) is 1. The molecule has 0 N–H and O–H groups in total. The minimum absolute atomic E-state index is 0.0377. The second-order valence-corrected chi connectivity index (χ2v) is 9.50. The summed E-state index contributed by atoms with van der Waals surface area (Å²) < 4.78 is 33.7. The summed E-state index contributed by atoms with van der Waals surface area (Å²) >= 11 is 0. The van der Waals surface area contributed by atoms with Crippen LogP contribution in [0.25, 0.3) is 5.57 Å². The molecule has 146 valence electrons. The molecule has 2 heterocycles. The van der Waals surface area contributed by atoms with Crippen LogP contribution in [-0.4, -0.2) is 36.9 Å². The van der Waals surface area contributed by atoms with E-state index in [-0.39, 0.29) is 17.3 Å². The summed E-state index contributed by atoms with van der Waals surface area (Å²) in [5.41, 5.74) is 2.61. The molecule has 0 radical (unpaired) electrons. The van der Waals surface area contributed by atoms with E-state index >= 15 is 0 Å². The third kappa shape index (κ3) is 2.88. The highest BCUT2D eigenvalue weighted by atomic mass is 32.2. The van der Waals surface area contributed by atoms with Crippen molar-refractivity contribution in [3.63, 3.8) is 0 Å². The zero-order valence-electron chi connectivity index (χ0n) is 16.0. The first kappa shape index (κ1) is 18.9. The van der Waals surface area contributed by atoms with Crippen LogP contribution in [0, 0.1) is 13.8 Å². The second kappa shape index (κ2) is 6.57. The van der Waals surface area contributed by atoms with Crippen LogP contribution in [-0.2, 0) is 19.6 Å². The molecule has 2 aliphatic heterocycles. The predicted molar refractivity (Wildman–Crippen MR) is 107 cm³/mol. The van der Waals surface area contributed by atoms with Gasteiger partial charge in [0.05, 0.1) is 17.4 Å². The van der Waals surface area contributed by atoms with Crippen LogP contribution in [0.15, 0.2) is 60.0 Å². The molecular weight excluding hydrogens is 374 g/mol. The van der Waals surface area contributed by atoms with E-state index in [1.807, 2.05) is 38.1 Å². The molecule has 4 rings (SSSR count). The Morgan fingerprint density at radius 2 is 1.64 bits per heavy atom. The fraction of sp³-hybridized carbons (Fsp3) is 0.318. The summed E-state index contributed by atoms with van der Waals surface area (Å²) in [4.78, 5) is 12.5. The van der Waals surface area contributed by atoms with Crippen LogP contribution in [0.1, 0.15) is 29.5 Å². The van der Waals surface area contributed by atoms with Gasteiger partial charge in [0.1, 0.15) is 0 Å². The molecule has 0 amide bonds. The first-order valence-corrected chi connectivity index (χ1v) is 10.7. The number of fused-ring (bicyclic) bond motifs is 1. The fourth-order valence-corrected chi connectivity index (χ4v) is 5.83. The van der Waals surface area contributed by atoms with E-state index in [0.29, 0.717) is 18.5 Å². The number of benzene rings is 2. The lowest BCUT2D eigenvalue weighted by Gasteiger charge is -2.32. The molecule has 0 spiro atoms. The molecule has 2 saturated heterocycles. The highest BCUT2D eigenvalue weighted by Crippen LogP contribution is 2.49. The monoisotopic (exact) mass is 397 g/mol. The summed E-state index contributed by atoms with van der Waals surface area (Å²) in [6.45, 7) is 8.40. The van der Waals surface area contributed by atoms with E-state index < -0.39 is 21.7 Å². The minimum Gasteiger partial charge on any atom is -0.452 e. The maximum Gasteiger partial charge on any atom is 0.308 e. The average Bonchev–Trinajstić information content (AvgIpc) is 3.17. The third-order valence-electron chi connectivity index (χ3n) is 5.78. The van der Waals surface area contributed by atoms with Gasteiger partial charge in [-0.2, -0.15) is 4.31 Å². The van der Waals surface area contributed by atoms with Crippen LogP contribution in [0.3, 0.4) is 0 Å². The van der Waals surface area contributed by atoms with Crippen molar-refractivity contribution in [2.75, 3.05) is 6.54 Å². The maximum atomic E-state index is 13.3. The van der Waals surface area contributed by atoms with Crippen LogP contribution >= 0.6 is 0 Å². The molecule has 2 fully saturated rings. The summed E-state index contributed by atoms with van der Waals surface area (Å²) in [6, 6.07) is 14.0. The zero-order valence-corrected chi connectivity index (χ0v) is 16.8. The molecule has 0 unspecified atom stereocenters. The standard InChI is InChI=1S/C22H23NO4S/c1-15-4-8-18(9-5-15)17(3)22-12-13-23(20(22)14-21(24)27-22)28(25,26)19-10-6-16(2)7-11-19/h4-11,20H,3,12-14H2,1-2H3/t20-,22+/m1/s1. The van der Waals surface area contributed by atoms with Crippen LogP contribution < -0.4 is 0 Å². The SMILES string of the molecule is C=C(c1ccc(C)cc1)[C@@]12CCN(S(=O)(=O)c3ccc(C)cc3)[C@@H]1CC(=O)O2. The van der Waals surface area contributed by atoms with Crippen molar-refractivity contribution in [1.29, 1.82) is 0 Å². The molecule has 5 nitrogen and oxygen atoms in total. The Bertz CT molecular complexity index is 1040. The molecule has 0 saturated carbocycles. The van der Waals surface area contributed by atoms with E-state index in [0.717, 1.165) is 16.7 Å². The Balaban J connectivity index is 1.72. The number of ether oxygens (including phenoxy) is 1. The van der Waals surface area contributed by atoms with Gasteiger partial charge in [-0.3, -0.25) is 4.79 Å². The highest BCUT2D eigenvalue weighted by molar-refractivity contribution is 7.89. The van der Waals surface area contributed by atoms with Gasteiger partial charge >= 0.3 is 5.97 Å². The number of rotatable bonds is 4. The molecule has 0 bridgehead atoms. The number of hydrogen-bond donors (Lipinski definition) is 0. The van der Waals surface area contributed by atoms with Gasteiger partial charge in [-0.15, -0.1) is 0 Å².